The van der Waals surface area contributed by atoms with Crippen molar-refractivity contribution in [2.24, 2.45) is 7.05 Å². The van der Waals surface area contributed by atoms with E-state index in [1.165, 1.54) is 24.8 Å². The number of pyridine rings is 1. The van der Waals surface area contributed by atoms with Crippen molar-refractivity contribution in [2.45, 2.75) is 0 Å². The topological polar surface area (TPSA) is 131 Å². The third-order valence-electron chi connectivity index (χ3n) is 4.35. The van der Waals surface area contributed by atoms with Gasteiger partial charge in [0.1, 0.15) is 17.1 Å². The van der Waals surface area contributed by atoms with Crippen LogP contribution in [0.1, 0.15) is 52.2 Å². The number of aromatic nitrogens is 2. The molecule has 2 heterocycles. The van der Waals surface area contributed by atoms with Gasteiger partial charge in [0.05, 0.1) is 38.2 Å². The van der Waals surface area contributed by atoms with Gasteiger partial charge in [0.25, 0.3) is 5.78 Å². The quantitative estimate of drug-likeness (QED) is 0.427. The second-order valence-corrected chi connectivity index (χ2v) is 5.76. The molecule has 0 saturated carbocycles. The number of rotatable bonds is 3. The molecule has 0 atom stereocenters. The molecule has 2 aromatic heterocycles. The van der Waals surface area contributed by atoms with E-state index in [-0.39, 0.29) is 33.8 Å². The number of hydrogen-bond donors (Lipinski definition) is 0. The maximum Gasteiger partial charge on any atom is 0.356 e. The fraction of sp³-hybridized carbons (Fsp3) is 0.222. The van der Waals surface area contributed by atoms with E-state index in [0.29, 0.717) is 0 Å². The normalized spacial score (nSPS) is 12.1. The lowest BCUT2D eigenvalue weighted by Crippen LogP contribution is -2.26. The van der Waals surface area contributed by atoms with E-state index in [4.69, 9.17) is 4.74 Å². The monoisotopic (exact) mass is 386 g/mol. The Morgan fingerprint density at radius 2 is 1.50 bits per heavy atom. The molecule has 2 aromatic rings. The minimum Gasteiger partial charge on any atom is -0.465 e. The van der Waals surface area contributed by atoms with Crippen LogP contribution < -0.4 is 0 Å². The Kier molecular flexibility index (Phi) is 4.55. The zero-order valence-electron chi connectivity index (χ0n) is 15.3. The van der Waals surface area contributed by atoms with Crippen LogP contribution in [0.5, 0.6) is 0 Å². The van der Waals surface area contributed by atoms with Crippen LogP contribution in [0, 0.1) is 0 Å². The highest BCUT2D eigenvalue weighted by atomic mass is 16.5. The first kappa shape index (κ1) is 19.0. The van der Waals surface area contributed by atoms with Gasteiger partial charge < -0.3 is 18.8 Å². The summed E-state index contributed by atoms with van der Waals surface area (Å²) in [5, 5.41) is 0. The highest BCUT2D eigenvalue weighted by Crippen LogP contribution is 2.38. The second-order valence-electron chi connectivity index (χ2n) is 5.76. The lowest BCUT2D eigenvalue weighted by atomic mass is 9.88. The molecule has 144 valence electrons. The van der Waals surface area contributed by atoms with Crippen molar-refractivity contribution in [3.8, 4) is 11.3 Å². The molecule has 0 N–H and O–H groups in total. The average molecular weight is 386 g/mol. The Balaban J connectivity index is 2.44. The summed E-state index contributed by atoms with van der Waals surface area (Å²) in [4.78, 5) is 65.4. The number of nitrogens with zero attached hydrogens (tertiary/aromatic N) is 2. The van der Waals surface area contributed by atoms with Crippen LogP contribution in [0.2, 0.25) is 0 Å². The number of ketones is 2. The lowest BCUT2D eigenvalue weighted by Gasteiger charge is -2.19. The number of esters is 3. The molecule has 0 aromatic carbocycles. The van der Waals surface area contributed by atoms with Crippen LogP contribution in [-0.4, -0.2) is 60.4 Å². The van der Waals surface area contributed by atoms with Crippen molar-refractivity contribution in [2.75, 3.05) is 21.3 Å². The van der Waals surface area contributed by atoms with Crippen LogP contribution in [0.4, 0.5) is 0 Å². The van der Waals surface area contributed by atoms with Crippen LogP contribution >= 0.6 is 0 Å². The number of fused-ring (bicyclic) bond motifs is 3. The van der Waals surface area contributed by atoms with Gasteiger partial charge in [0.15, 0.2) is 0 Å². The predicted octanol–water partition coefficient (Wildman–Crippen LogP) is 0.826. The first-order valence-electron chi connectivity index (χ1n) is 7.85. The number of hydrogen-bond acceptors (Lipinski definition) is 9. The molecule has 0 aliphatic heterocycles. The predicted molar refractivity (Wildman–Crippen MR) is 91.3 cm³/mol. The minimum atomic E-state index is -1.03. The molecule has 0 unspecified atom stereocenters. The molecule has 0 amide bonds. The van der Waals surface area contributed by atoms with E-state index in [1.807, 2.05) is 0 Å². The first-order valence-corrected chi connectivity index (χ1v) is 7.85. The summed E-state index contributed by atoms with van der Waals surface area (Å²) in [7, 11) is 4.85. The maximum atomic E-state index is 12.6. The van der Waals surface area contributed by atoms with Gasteiger partial charge in [-0.05, 0) is 12.1 Å². The fourth-order valence-electron chi connectivity index (χ4n) is 3.04. The standard InChI is InChI=1S/C18H14N2O8/c1-20-10(18(25)28-4)6-8-13(20)11-7(16(23)26-2)5-9(17(24)27-3)19-12(11)15(22)14(8)21/h5-6H,1-4H3. The molecular formula is C18H14N2O8. The summed E-state index contributed by atoms with van der Waals surface area (Å²) < 4.78 is 15.3. The van der Waals surface area contributed by atoms with Gasteiger partial charge in [-0.3, -0.25) is 9.59 Å². The number of carbonyl (C=O) groups is 5. The largest absolute Gasteiger partial charge is 0.465 e. The summed E-state index contributed by atoms with van der Waals surface area (Å²) in [6.07, 6.45) is 0. The van der Waals surface area contributed by atoms with Gasteiger partial charge in [-0.25, -0.2) is 19.4 Å². The van der Waals surface area contributed by atoms with Crippen molar-refractivity contribution < 1.29 is 38.2 Å². The highest BCUT2D eigenvalue weighted by Gasteiger charge is 2.39. The smallest absolute Gasteiger partial charge is 0.356 e. The third kappa shape index (κ3) is 2.57. The van der Waals surface area contributed by atoms with Crippen molar-refractivity contribution in [3.05, 3.63) is 40.3 Å². The van der Waals surface area contributed by atoms with Crippen LogP contribution in [0.3, 0.4) is 0 Å². The van der Waals surface area contributed by atoms with Gasteiger partial charge in [-0.1, -0.05) is 0 Å². The minimum absolute atomic E-state index is 0.00522. The van der Waals surface area contributed by atoms with Gasteiger partial charge in [-0.2, -0.15) is 0 Å². The molecule has 28 heavy (non-hydrogen) atoms. The molecule has 10 heteroatoms. The molecule has 3 rings (SSSR count). The Hall–Kier alpha value is -3.82. The third-order valence-corrected chi connectivity index (χ3v) is 4.35. The number of ether oxygens (including phenoxy) is 3. The summed E-state index contributed by atoms with van der Waals surface area (Å²) >= 11 is 0. The molecule has 0 fully saturated rings. The van der Waals surface area contributed by atoms with Gasteiger partial charge in [-0.15, -0.1) is 0 Å². The summed E-state index contributed by atoms with van der Waals surface area (Å²) in [5.41, 5.74) is -0.909. The average Bonchev–Trinajstić information content (AvgIpc) is 3.06. The van der Waals surface area contributed by atoms with Gasteiger partial charge in [0, 0.05) is 12.6 Å². The van der Waals surface area contributed by atoms with E-state index in [1.54, 1.807) is 0 Å². The zero-order chi connectivity index (χ0) is 20.7. The zero-order valence-corrected chi connectivity index (χ0v) is 15.3. The fourth-order valence-corrected chi connectivity index (χ4v) is 3.04. The Morgan fingerprint density at radius 3 is 2.07 bits per heavy atom. The molecular weight excluding hydrogens is 372 g/mol. The van der Waals surface area contributed by atoms with E-state index in [0.717, 1.165) is 20.3 Å². The van der Waals surface area contributed by atoms with Crippen LogP contribution in [-0.2, 0) is 21.3 Å². The van der Waals surface area contributed by atoms with E-state index in [9.17, 15) is 24.0 Å². The molecule has 0 saturated heterocycles. The van der Waals surface area contributed by atoms with Crippen molar-refractivity contribution >= 4 is 29.5 Å². The van der Waals surface area contributed by atoms with Crippen molar-refractivity contribution in [3.63, 3.8) is 0 Å². The molecule has 1 aliphatic carbocycles. The van der Waals surface area contributed by atoms with Crippen molar-refractivity contribution in [1.29, 1.82) is 0 Å². The second kappa shape index (κ2) is 6.72. The van der Waals surface area contributed by atoms with E-state index in [2.05, 4.69) is 14.5 Å². The van der Waals surface area contributed by atoms with Gasteiger partial charge in [0.2, 0.25) is 5.78 Å². The number of carbonyl (C=O) groups excluding carboxylic acids is 5. The first-order chi connectivity index (χ1) is 13.3. The SMILES string of the molecule is COC(=O)c1cc(C(=O)OC)c2c(n1)C(=O)C(=O)c1cc(C(=O)OC)n(C)c1-2. The van der Waals surface area contributed by atoms with Crippen LogP contribution in [0.25, 0.3) is 11.3 Å². The molecule has 10 nitrogen and oxygen atoms in total. The molecule has 0 spiro atoms. The molecule has 0 radical (unpaired) electrons. The van der Waals surface area contributed by atoms with Gasteiger partial charge >= 0.3 is 17.9 Å². The van der Waals surface area contributed by atoms with E-state index >= 15 is 0 Å². The van der Waals surface area contributed by atoms with Crippen LogP contribution in [0.15, 0.2) is 12.1 Å². The number of Topliss-reactive ketones (excluding diaryl/α,β-unsaturated/α-hetero) is 2. The van der Waals surface area contributed by atoms with E-state index < -0.39 is 35.2 Å². The Morgan fingerprint density at radius 1 is 0.893 bits per heavy atom. The summed E-state index contributed by atoms with van der Waals surface area (Å²) in [5.74, 6) is -4.46. The maximum absolute atomic E-state index is 12.6. The Labute approximate surface area is 158 Å². The lowest BCUT2D eigenvalue weighted by molar-refractivity contribution is 0.0580. The van der Waals surface area contributed by atoms with Crippen molar-refractivity contribution in [1.82, 2.24) is 9.55 Å². The Bertz CT molecular complexity index is 1080. The summed E-state index contributed by atoms with van der Waals surface area (Å²) in [6.45, 7) is 0. The summed E-state index contributed by atoms with van der Waals surface area (Å²) in [6, 6.07) is 2.31. The molecule has 0 bridgehead atoms. The molecule has 1 aliphatic rings. The number of methoxy groups -OCH3 is 3. The highest BCUT2D eigenvalue weighted by molar-refractivity contribution is 6.53.